The predicted molar refractivity (Wildman–Crippen MR) is 109 cm³/mol. The molecule has 1 saturated heterocycles. The van der Waals surface area contributed by atoms with Gasteiger partial charge < -0.3 is 20.5 Å². The normalized spacial score (nSPS) is 20.7. The van der Waals surface area contributed by atoms with Gasteiger partial charge in [-0.1, -0.05) is 25.3 Å². The lowest BCUT2D eigenvalue weighted by atomic mass is 9.80. The zero-order valence-corrected chi connectivity index (χ0v) is 16.8. The van der Waals surface area contributed by atoms with Crippen LogP contribution in [0.1, 0.15) is 44.6 Å². The van der Waals surface area contributed by atoms with Crippen LogP contribution >= 0.6 is 0 Å². The molecule has 1 saturated carbocycles. The summed E-state index contributed by atoms with van der Waals surface area (Å²) >= 11 is 0. The molecule has 1 aromatic rings. The van der Waals surface area contributed by atoms with Gasteiger partial charge in [0.15, 0.2) is 17.5 Å². The van der Waals surface area contributed by atoms with Gasteiger partial charge >= 0.3 is 0 Å². The van der Waals surface area contributed by atoms with Gasteiger partial charge in [0, 0.05) is 31.7 Å². The molecule has 1 aromatic carbocycles. The Kier molecular flexibility index (Phi) is 7.50. The molecule has 0 unspecified atom stereocenters. The van der Waals surface area contributed by atoms with E-state index in [1.807, 2.05) is 6.92 Å². The standard InChI is InChI=1S/C21H33FN4O2/c1-2-23-20(24-15-17-6-7-19(27)18(22)14-17)25-16-21(8-4-3-5-9-21)26-10-12-28-13-11-26/h6-7,14,27H,2-5,8-13,15-16H2,1H3,(H2,23,24,25). The van der Waals surface area contributed by atoms with Crippen molar-refractivity contribution in [3.63, 3.8) is 0 Å². The van der Waals surface area contributed by atoms with Crippen LogP contribution in [0, 0.1) is 5.82 Å². The van der Waals surface area contributed by atoms with E-state index in [-0.39, 0.29) is 11.3 Å². The summed E-state index contributed by atoms with van der Waals surface area (Å²) in [7, 11) is 0. The molecule has 156 valence electrons. The predicted octanol–water partition coefficient (Wildman–Crippen LogP) is 2.62. The molecule has 0 bridgehead atoms. The maximum absolute atomic E-state index is 13.6. The zero-order chi connectivity index (χ0) is 19.8. The Labute approximate surface area is 167 Å². The summed E-state index contributed by atoms with van der Waals surface area (Å²) in [5.41, 5.74) is 0.885. The first kappa shape index (κ1) is 20.9. The minimum absolute atomic E-state index is 0.156. The van der Waals surface area contributed by atoms with Crippen LogP contribution in [0.5, 0.6) is 5.75 Å². The molecule has 6 nitrogen and oxygen atoms in total. The summed E-state index contributed by atoms with van der Waals surface area (Å²) in [6.07, 6.45) is 6.23. The molecule has 2 aliphatic rings. The topological polar surface area (TPSA) is 69.1 Å². The molecular weight excluding hydrogens is 359 g/mol. The Bertz CT molecular complexity index is 656. The Hall–Kier alpha value is -1.86. The van der Waals surface area contributed by atoms with E-state index in [2.05, 4.69) is 20.5 Å². The van der Waals surface area contributed by atoms with Crippen LogP contribution < -0.4 is 10.6 Å². The van der Waals surface area contributed by atoms with Crippen LogP contribution in [0.3, 0.4) is 0 Å². The van der Waals surface area contributed by atoms with Crippen LogP contribution in [0.25, 0.3) is 0 Å². The fourth-order valence-electron chi connectivity index (χ4n) is 4.26. The molecule has 0 atom stereocenters. The van der Waals surface area contributed by atoms with Gasteiger partial charge in [-0.15, -0.1) is 0 Å². The van der Waals surface area contributed by atoms with E-state index in [0.717, 1.165) is 50.9 Å². The minimum atomic E-state index is -0.612. The largest absolute Gasteiger partial charge is 0.505 e. The number of hydrogen-bond acceptors (Lipinski definition) is 4. The average Bonchev–Trinajstić information content (AvgIpc) is 2.74. The van der Waals surface area contributed by atoms with Gasteiger partial charge in [0.2, 0.25) is 0 Å². The third-order valence-electron chi connectivity index (χ3n) is 5.83. The number of halogens is 1. The van der Waals surface area contributed by atoms with Crippen molar-refractivity contribution in [2.75, 3.05) is 39.4 Å². The summed E-state index contributed by atoms with van der Waals surface area (Å²) < 4.78 is 19.1. The van der Waals surface area contributed by atoms with Crippen LogP contribution in [0.4, 0.5) is 4.39 Å². The SMILES string of the molecule is CCNC(=NCc1ccc(O)c(F)c1)NCC1(N2CCOCC2)CCCCC1. The number of rotatable bonds is 6. The molecule has 0 spiro atoms. The van der Waals surface area contributed by atoms with Crippen LogP contribution in [-0.4, -0.2) is 60.9 Å². The highest BCUT2D eigenvalue weighted by Gasteiger charge is 2.38. The molecule has 1 aliphatic carbocycles. The average molecular weight is 393 g/mol. The summed E-state index contributed by atoms with van der Waals surface area (Å²) in [5, 5.41) is 16.2. The number of aromatic hydroxyl groups is 1. The molecule has 1 aliphatic heterocycles. The molecule has 3 N–H and O–H groups in total. The molecule has 2 fully saturated rings. The molecule has 0 radical (unpaired) electrons. The van der Waals surface area contributed by atoms with Gasteiger partial charge in [-0.2, -0.15) is 0 Å². The maximum atomic E-state index is 13.6. The fraction of sp³-hybridized carbons (Fsp3) is 0.667. The van der Waals surface area contributed by atoms with E-state index in [1.54, 1.807) is 6.07 Å². The second-order valence-electron chi connectivity index (χ2n) is 7.72. The number of ether oxygens (including phenoxy) is 1. The van der Waals surface area contributed by atoms with Crippen LogP contribution in [-0.2, 0) is 11.3 Å². The number of nitrogens with zero attached hydrogens (tertiary/aromatic N) is 2. The fourth-order valence-corrected chi connectivity index (χ4v) is 4.26. The second kappa shape index (κ2) is 10.1. The maximum Gasteiger partial charge on any atom is 0.191 e. The zero-order valence-electron chi connectivity index (χ0n) is 16.8. The van der Waals surface area contributed by atoms with Crippen molar-refractivity contribution < 1.29 is 14.2 Å². The van der Waals surface area contributed by atoms with E-state index >= 15 is 0 Å². The molecule has 7 heteroatoms. The monoisotopic (exact) mass is 392 g/mol. The van der Waals surface area contributed by atoms with E-state index < -0.39 is 5.82 Å². The first-order valence-electron chi connectivity index (χ1n) is 10.5. The first-order valence-corrected chi connectivity index (χ1v) is 10.5. The van der Waals surface area contributed by atoms with Gasteiger partial charge in [0.25, 0.3) is 0 Å². The smallest absolute Gasteiger partial charge is 0.191 e. The Morgan fingerprint density at radius 1 is 1.21 bits per heavy atom. The molecule has 0 amide bonds. The molecular formula is C21H33FN4O2. The van der Waals surface area contributed by atoms with Gasteiger partial charge in [-0.05, 0) is 37.5 Å². The number of morpholine rings is 1. The van der Waals surface area contributed by atoms with E-state index in [1.165, 1.54) is 44.2 Å². The number of benzene rings is 1. The number of hydrogen-bond donors (Lipinski definition) is 3. The summed E-state index contributed by atoms with van der Waals surface area (Å²) in [4.78, 5) is 7.22. The minimum Gasteiger partial charge on any atom is -0.505 e. The molecule has 1 heterocycles. The molecule has 0 aromatic heterocycles. The lowest BCUT2D eigenvalue weighted by Gasteiger charge is -2.48. The van der Waals surface area contributed by atoms with Gasteiger partial charge in [0.05, 0.1) is 19.8 Å². The second-order valence-corrected chi connectivity index (χ2v) is 7.72. The quantitative estimate of drug-likeness (QED) is 0.513. The Balaban J connectivity index is 1.66. The van der Waals surface area contributed by atoms with E-state index in [9.17, 15) is 9.50 Å². The summed E-state index contributed by atoms with van der Waals surface area (Å²) in [6, 6.07) is 4.40. The number of phenols is 1. The van der Waals surface area contributed by atoms with Gasteiger partial charge in [0.1, 0.15) is 0 Å². The van der Waals surface area contributed by atoms with Crippen LogP contribution in [0.2, 0.25) is 0 Å². The number of aliphatic imine (C=N–C) groups is 1. The van der Waals surface area contributed by atoms with Crippen molar-refractivity contribution in [1.29, 1.82) is 0 Å². The molecule has 28 heavy (non-hydrogen) atoms. The number of nitrogens with one attached hydrogen (secondary N) is 2. The van der Waals surface area contributed by atoms with Crippen molar-refractivity contribution in [3.05, 3.63) is 29.6 Å². The third-order valence-corrected chi connectivity index (χ3v) is 5.83. The Morgan fingerprint density at radius 2 is 1.96 bits per heavy atom. The lowest BCUT2D eigenvalue weighted by molar-refractivity contribution is -0.0352. The third kappa shape index (κ3) is 5.35. The highest BCUT2D eigenvalue weighted by atomic mass is 19.1. The van der Waals surface area contributed by atoms with Gasteiger partial charge in [-0.3, -0.25) is 4.90 Å². The van der Waals surface area contributed by atoms with Gasteiger partial charge in [-0.25, -0.2) is 9.38 Å². The van der Waals surface area contributed by atoms with Crippen molar-refractivity contribution in [1.82, 2.24) is 15.5 Å². The van der Waals surface area contributed by atoms with Crippen LogP contribution in [0.15, 0.2) is 23.2 Å². The summed E-state index contributed by atoms with van der Waals surface area (Å²) in [5.74, 6) is -0.198. The van der Waals surface area contributed by atoms with Crippen molar-refractivity contribution in [3.8, 4) is 5.75 Å². The van der Waals surface area contributed by atoms with Crippen molar-refractivity contribution in [2.24, 2.45) is 4.99 Å². The van der Waals surface area contributed by atoms with Crippen molar-refractivity contribution >= 4 is 5.96 Å². The van der Waals surface area contributed by atoms with E-state index in [0.29, 0.717) is 6.54 Å². The van der Waals surface area contributed by atoms with Crippen molar-refractivity contribution in [2.45, 2.75) is 51.1 Å². The van der Waals surface area contributed by atoms with E-state index in [4.69, 9.17) is 4.74 Å². The first-order chi connectivity index (χ1) is 13.6. The Morgan fingerprint density at radius 3 is 2.64 bits per heavy atom. The highest BCUT2D eigenvalue weighted by molar-refractivity contribution is 5.79. The number of guanidine groups is 1. The lowest BCUT2D eigenvalue weighted by Crippen LogP contribution is -2.60. The molecule has 3 rings (SSSR count). The number of phenolic OH excluding ortho intramolecular Hbond substituents is 1. The highest BCUT2D eigenvalue weighted by Crippen LogP contribution is 2.33. The summed E-state index contributed by atoms with van der Waals surface area (Å²) in [6.45, 7) is 7.60.